The molecule has 1 N–H and O–H groups in total. The van der Waals surface area contributed by atoms with Crippen LogP contribution in [0, 0.1) is 0 Å². The Morgan fingerprint density at radius 3 is 2.68 bits per heavy atom. The van der Waals surface area contributed by atoms with Gasteiger partial charge in [-0.05, 0) is 48.7 Å². The lowest BCUT2D eigenvalue weighted by molar-refractivity contribution is -0.137. The largest absolute Gasteiger partial charge is 0.458 e. The lowest BCUT2D eigenvalue weighted by atomic mass is 9.92. The Bertz CT molecular complexity index is 845. The molecule has 2 aromatic rings. The SMILES string of the molecule is CN1CCc2cc(Cl)c(N3CCC(O)C3)cc2[C@H](OC=O)C1c1ccccc1. The van der Waals surface area contributed by atoms with Crippen molar-refractivity contribution in [3.05, 3.63) is 64.2 Å². The van der Waals surface area contributed by atoms with E-state index in [1.165, 1.54) is 0 Å². The van der Waals surface area contributed by atoms with Gasteiger partial charge >= 0.3 is 0 Å². The third-order valence-corrected chi connectivity index (χ3v) is 6.16. The molecule has 148 valence electrons. The van der Waals surface area contributed by atoms with E-state index in [-0.39, 0.29) is 12.1 Å². The number of likely N-dealkylation sites (N-methyl/N-ethyl adjacent to an activating group) is 1. The second-order valence-electron chi connectivity index (χ2n) is 7.63. The number of carbonyl (C=O) groups is 1. The Hall–Kier alpha value is -2.08. The number of halogens is 1. The molecule has 4 rings (SSSR count). The van der Waals surface area contributed by atoms with Gasteiger partial charge in [0.1, 0.15) is 6.10 Å². The maximum absolute atomic E-state index is 11.4. The Labute approximate surface area is 170 Å². The lowest BCUT2D eigenvalue weighted by Gasteiger charge is -2.32. The van der Waals surface area contributed by atoms with E-state index in [0.717, 1.165) is 48.3 Å². The van der Waals surface area contributed by atoms with E-state index in [1.807, 2.05) is 24.3 Å². The molecule has 1 saturated heterocycles. The first kappa shape index (κ1) is 19.2. The number of fused-ring (bicyclic) bond motifs is 1. The van der Waals surface area contributed by atoms with Crippen molar-refractivity contribution in [3.63, 3.8) is 0 Å². The van der Waals surface area contributed by atoms with Crippen LogP contribution < -0.4 is 4.90 Å². The highest BCUT2D eigenvalue weighted by Gasteiger charge is 2.35. The number of hydrogen-bond acceptors (Lipinski definition) is 5. The van der Waals surface area contributed by atoms with Crippen LogP contribution in [0.4, 0.5) is 5.69 Å². The van der Waals surface area contributed by atoms with Crippen LogP contribution in [0.25, 0.3) is 0 Å². The maximum atomic E-state index is 11.4. The van der Waals surface area contributed by atoms with Gasteiger partial charge in [0.25, 0.3) is 6.47 Å². The van der Waals surface area contributed by atoms with Crippen LogP contribution in [0.1, 0.15) is 35.3 Å². The molecule has 5 nitrogen and oxygen atoms in total. The van der Waals surface area contributed by atoms with Crippen molar-refractivity contribution in [2.75, 3.05) is 31.6 Å². The third kappa shape index (κ3) is 3.62. The quantitative estimate of drug-likeness (QED) is 0.797. The highest BCUT2D eigenvalue weighted by Crippen LogP contribution is 2.43. The van der Waals surface area contributed by atoms with Crippen molar-refractivity contribution in [3.8, 4) is 0 Å². The van der Waals surface area contributed by atoms with Crippen LogP contribution in [0.3, 0.4) is 0 Å². The molecule has 0 aromatic heterocycles. The zero-order valence-corrected chi connectivity index (χ0v) is 16.7. The summed E-state index contributed by atoms with van der Waals surface area (Å²) in [7, 11) is 2.06. The van der Waals surface area contributed by atoms with Crippen molar-refractivity contribution in [2.45, 2.75) is 31.1 Å². The van der Waals surface area contributed by atoms with Crippen molar-refractivity contribution in [1.82, 2.24) is 4.90 Å². The highest BCUT2D eigenvalue weighted by atomic mass is 35.5. The smallest absolute Gasteiger partial charge is 0.293 e. The molecule has 0 spiro atoms. The zero-order chi connectivity index (χ0) is 19.7. The number of nitrogens with zero attached hydrogens (tertiary/aromatic N) is 2. The van der Waals surface area contributed by atoms with Gasteiger partial charge in [0.05, 0.1) is 22.9 Å². The first-order valence-electron chi connectivity index (χ1n) is 9.68. The summed E-state index contributed by atoms with van der Waals surface area (Å²) in [5.74, 6) is 0. The van der Waals surface area contributed by atoms with E-state index in [2.05, 4.69) is 35.0 Å². The van der Waals surface area contributed by atoms with E-state index in [4.69, 9.17) is 16.3 Å². The molecule has 2 aromatic carbocycles. The second-order valence-corrected chi connectivity index (χ2v) is 8.04. The number of ether oxygens (including phenoxy) is 1. The average Bonchev–Trinajstić information content (AvgIpc) is 3.07. The molecule has 2 aliphatic rings. The zero-order valence-electron chi connectivity index (χ0n) is 15.9. The normalized spacial score (nSPS) is 25.2. The van der Waals surface area contributed by atoms with Crippen LogP contribution in [0.2, 0.25) is 5.02 Å². The molecule has 2 heterocycles. The molecule has 28 heavy (non-hydrogen) atoms. The molecule has 1 fully saturated rings. The molecule has 0 radical (unpaired) electrons. The van der Waals surface area contributed by atoms with Gasteiger partial charge in [0.2, 0.25) is 0 Å². The Morgan fingerprint density at radius 1 is 1.21 bits per heavy atom. The van der Waals surface area contributed by atoms with Gasteiger partial charge in [0.15, 0.2) is 0 Å². The van der Waals surface area contributed by atoms with Crippen molar-refractivity contribution in [1.29, 1.82) is 0 Å². The molecule has 2 unspecified atom stereocenters. The van der Waals surface area contributed by atoms with Crippen LogP contribution in [0.5, 0.6) is 0 Å². The highest BCUT2D eigenvalue weighted by molar-refractivity contribution is 6.33. The Morgan fingerprint density at radius 2 is 2.00 bits per heavy atom. The number of anilines is 1. The summed E-state index contributed by atoms with van der Waals surface area (Å²) in [6.07, 6.45) is 0.805. The minimum atomic E-state index is -0.425. The number of rotatable bonds is 4. The molecule has 0 aliphatic carbocycles. The molecule has 6 heteroatoms. The molecule has 0 bridgehead atoms. The summed E-state index contributed by atoms with van der Waals surface area (Å²) < 4.78 is 5.67. The monoisotopic (exact) mass is 400 g/mol. The summed E-state index contributed by atoms with van der Waals surface area (Å²) >= 11 is 6.61. The van der Waals surface area contributed by atoms with E-state index >= 15 is 0 Å². The fraction of sp³-hybridized carbons (Fsp3) is 0.409. The van der Waals surface area contributed by atoms with Gasteiger partial charge < -0.3 is 14.7 Å². The van der Waals surface area contributed by atoms with Crippen molar-refractivity contribution >= 4 is 23.8 Å². The number of aliphatic hydroxyl groups is 1. The van der Waals surface area contributed by atoms with Crippen LogP contribution >= 0.6 is 11.6 Å². The summed E-state index contributed by atoms with van der Waals surface area (Å²) in [6.45, 7) is 2.71. The average molecular weight is 401 g/mol. The second kappa shape index (κ2) is 8.11. The first-order valence-corrected chi connectivity index (χ1v) is 10.1. The lowest BCUT2D eigenvalue weighted by Crippen LogP contribution is -2.30. The van der Waals surface area contributed by atoms with Gasteiger partial charge in [-0.25, -0.2) is 0 Å². The van der Waals surface area contributed by atoms with Crippen molar-refractivity contribution in [2.24, 2.45) is 0 Å². The van der Waals surface area contributed by atoms with E-state index in [9.17, 15) is 9.90 Å². The van der Waals surface area contributed by atoms with Crippen LogP contribution in [-0.2, 0) is 16.0 Å². The minimum Gasteiger partial charge on any atom is -0.458 e. The maximum Gasteiger partial charge on any atom is 0.293 e. The van der Waals surface area contributed by atoms with Gasteiger partial charge in [-0.2, -0.15) is 0 Å². The standard InChI is InChI=1S/C22H25ClN2O3/c1-24-9-7-16-11-19(23)20(25-10-8-17(27)13-25)12-18(16)22(28-14-26)21(24)15-5-3-2-4-6-15/h2-6,11-12,14,17,21-22,27H,7-10,13H2,1H3/t17?,21?,22-/m0/s1. The molecular formula is C22H25ClN2O3. The first-order chi connectivity index (χ1) is 13.6. The molecule has 3 atom stereocenters. The predicted molar refractivity (Wildman–Crippen MR) is 110 cm³/mol. The third-order valence-electron chi connectivity index (χ3n) is 5.86. The number of carbonyl (C=O) groups excluding carboxylic acids is 1. The fourth-order valence-electron chi connectivity index (χ4n) is 4.43. The topological polar surface area (TPSA) is 53.0 Å². The van der Waals surface area contributed by atoms with Gasteiger partial charge in [-0.15, -0.1) is 0 Å². The summed E-state index contributed by atoms with van der Waals surface area (Å²) in [4.78, 5) is 15.8. The summed E-state index contributed by atoms with van der Waals surface area (Å²) in [5, 5.41) is 10.6. The Balaban J connectivity index is 1.80. The molecule has 2 aliphatic heterocycles. The van der Waals surface area contributed by atoms with E-state index in [0.29, 0.717) is 18.0 Å². The summed E-state index contributed by atoms with van der Waals surface area (Å²) in [6, 6.07) is 14.1. The van der Waals surface area contributed by atoms with Gasteiger partial charge in [0, 0.05) is 19.6 Å². The molecule has 0 saturated carbocycles. The van der Waals surface area contributed by atoms with Gasteiger partial charge in [-0.1, -0.05) is 41.9 Å². The molecular weight excluding hydrogens is 376 g/mol. The van der Waals surface area contributed by atoms with Crippen LogP contribution in [-0.4, -0.2) is 49.3 Å². The van der Waals surface area contributed by atoms with Crippen molar-refractivity contribution < 1.29 is 14.6 Å². The number of aliphatic hydroxyl groups excluding tert-OH is 1. The number of benzene rings is 2. The number of β-amino-alcohol motifs (C(OH)–C–C–N with tert-alkyl or cyclic N) is 1. The summed E-state index contributed by atoms with van der Waals surface area (Å²) in [5.41, 5.74) is 4.10. The Kier molecular flexibility index (Phi) is 5.58. The minimum absolute atomic E-state index is 0.0779. The van der Waals surface area contributed by atoms with Crippen LogP contribution in [0.15, 0.2) is 42.5 Å². The predicted octanol–water partition coefficient (Wildman–Crippen LogP) is 3.35. The van der Waals surface area contributed by atoms with Gasteiger partial charge in [-0.3, -0.25) is 9.69 Å². The molecule has 0 amide bonds. The number of hydrogen-bond donors (Lipinski definition) is 1. The van der Waals surface area contributed by atoms with E-state index < -0.39 is 6.10 Å². The fourth-order valence-corrected chi connectivity index (χ4v) is 4.73. The van der Waals surface area contributed by atoms with E-state index in [1.54, 1.807) is 0 Å².